The Kier molecular flexibility index (Phi) is 6.49. The molecule has 0 unspecified atom stereocenters. The lowest BCUT2D eigenvalue weighted by Crippen LogP contribution is -2.20. The van der Waals surface area contributed by atoms with Crippen molar-refractivity contribution < 1.29 is 18.7 Å². The first-order valence-electron chi connectivity index (χ1n) is 11.2. The fraction of sp³-hybridized carbons (Fsp3) is 0.231. The summed E-state index contributed by atoms with van der Waals surface area (Å²) in [6.45, 7) is 0.547. The van der Waals surface area contributed by atoms with E-state index in [4.69, 9.17) is 9.15 Å². The van der Waals surface area contributed by atoms with Gasteiger partial charge in [-0.05, 0) is 43.4 Å². The summed E-state index contributed by atoms with van der Waals surface area (Å²) in [6.07, 6.45) is 7.20. The first-order chi connectivity index (χ1) is 16.7. The molecule has 7 nitrogen and oxygen atoms in total. The molecule has 1 saturated carbocycles. The minimum Gasteiger partial charge on any atom is -0.465 e. The molecule has 4 aromatic rings. The summed E-state index contributed by atoms with van der Waals surface area (Å²) in [4.78, 5) is 32.9. The maximum Gasteiger partial charge on any atom is 0.311 e. The second kappa shape index (κ2) is 10.0. The summed E-state index contributed by atoms with van der Waals surface area (Å²) in [5, 5.41) is 3.95. The van der Waals surface area contributed by atoms with Crippen LogP contribution >= 0.6 is 11.3 Å². The predicted molar refractivity (Wildman–Crippen MR) is 130 cm³/mol. The molecule has 1 aliphatic rings. The lowest BCUT2D eigenvalue weighted by Gasteiger charge is -2.25. The Morgan fingerprint density at radius 2 is 1.74 bits per heavy atom. The molecular weight excluding hydrogens is 450 g/mol. The molecule has 1 aliphatic carbocycles. The average molecular weight is 474 g/mol. The molecule has 2 heterocycles. The van der Waals surface area contributed by atoms with Gasteiger partial charge >= 0.3 is 5.91 Å². The van der Waals surface area contributed by atoms with E-state index >= 15 is 0 Å². The topological polar surface area (TPSA) is 94.3 Å². The van der Waals surface area contributed by atoms with E-state index in [1.807, 2.05) is 60.8 Å². The number of hydrogen-bond donors (Lipinski definition) is 1. The van der Waals surface area contributed by atoms with E-state index < -0.39 is 5.91 Å². The van der Waals surface area contributed by atoms with Crippen LogP contribution in [0, 0.1) is 0 Å². The van der Waals surface area contributed by atoms with Gasteiger partial charge in [-0.25, -0.2) is 9.97 Å². The molecule has 0 atom stereocenters. The Bertz CT molecular complexity index is 1260. The van der Waals surface area contributed by atoms with Crippen LogP contribution in [0.5, 0.6) is 0 Å². The molecule has 0 spiro atoms. The number of amides is 1. The SMILES string of the molecule is O=COC1CCC(c2ncc(-c3ccc(NC(=O)c4ncc(-c5ccccc5)o4)cc3)s2)CC1. The Balaban J connectivity index is 1.20. The van der Waals surface area contributed by atoms with Gasteiger partial charge in [-0.1, -0.05) is 42.5 Å². The fourth-order valence-electron chi connectivity index (χ4n) is 4.15. The molecular formula is C26H23N3O4S. The van der Waals surface area contributed by atoms with Crippen LogP contribution in [0.4, 0.5) is 5.69 Å². The monoisotopic (exact) mass is 473 g/mol. The van der Waals surface area contributed by atoms with Gasteiger partial charge in [0.2, 0.25) is 0 Å². The van der Waals surface area contributed by atoms with Crippen molar-refractivity contribution in [3.63, 3.8) is 0 Å². The predicted octanol–water partition coefficient (Wildman–Crippen LogP) is 5.92. The number of nitrogens with one attached hydrogen (secondary N) is 1. The first kappa shape index (κ1) is 22.0. The highest BCUT2D eigenvalue weighted by atomic mass is 32.1. The number of anilines is 1. The maximum absolute atomic E-state index is 12.6. The van der Waals surface area contributed by atoms with Crippen LogP contribution in [-0.2, 0) is 9.53 Å². The quantitative estimate of drug-likeness (QED) is 0.335. The minimum atomic E-state index is -0.399. The van der Waals surface area contributed by atoms with Crippen molar-refractivity contribution in [1.82, 2.24) is 9.97 Å². The van der Waals surface area contributed by atoms with Gasteiger partial charge in [0.25, 0.3) is 12.4 Å². The van der Waals surface area contributed by atoms with Crippen LogP contribution in [0.15, 0.2) is 71.4 Å². The van der Waals surface area contributed by atoms with E-state index in [0.29, 0.717) is 23.8 Å². The van der Waals surface area contributed by atoms with Crippen molar-refractivity contribution in [2.75, 3.05) is 5.32 Å². The highest BCUT2D eigenvalue weighted by Crippen LogP contribution is 2.38. The van der Waals surface area contributed by atoms with Crippen LogP contribution in [0.25, 0.3) is 21.8 Å². The molecule has 0 aliphatic heterocycles. The first-order valence-corrected chi connectivity index (χ1v) is 12.0. The summed E-state index contributed by atoms with van der Waals surface area (Å²) >= 11 is 1.69. The normalized spacial score (nSPS) is 17.8. The van der Waals surface area contributed by atoms with Gasteiger partial charge in [0.05, 0.1) is 16.1 Å². The number of benzene rings is 2. The number of rotatable bonds is 7. The Morgan fingerprint density at radius 3 is 2.47 bits per heavy atom. The molecule has 34 heavy (non-hydrogen) atoms. The van der Waals surface area contributed by atoms with Gasteiger partial charge in [0.15, 0.2) is 5.76 Å². The van der Waals surface area contributed by atoms with Gasteiger partial charge in [-0.15, -0.1) is 11.3 Å². The van der Waals surface area contributed by atoms with Gasteiger partial charge in [0.1, 0.15) is 6.10 Å². The van der Waals surface area contributed by atoms with Gasteiger partial charge in [0, 0.05) is 23.4 Å². The van der Waals surface area contributed by atoms with E-state index in [-0.39, 0.29) is 12.0 Å². The third-order valence-electron chi connectivity index (χ3n) is 5.98. The molecule has 2 aromatic heterocycles. The van der Waals surface area contributed by atoms with E-state index in [1.165, 1.54) is 0 Å². The van der Waals surface area contributed by atoms with E-state index in [2.05, 4.69) is 15.3 Å². The third kappa shape index (κ3) is 4.92. The van der Waals surface area contributed by atoms with Crippen LogP contribution in [0.1, 0.15) is 47.3 Å². The highest BCUT2D eigenvalue weighted by Gasteiger charge is 2.25. The molecule has 172 valence electrons. The van der Waals surface area contributed by atoms with Crippen molar-refractivity contribution in [2.24, 2.45) is 0 Å². The molecule has 1 fully saturated rings. The van der Waals surface area contributed by atoms with Gasteiger partial charge in [-0.3, -0.25) is 9.59 Å². The summed E-state index contributed by atoms with van der Waals surface area (Å²) < 4.78 is 10.7. The summed E-state index contributed by atoms with van der Waals surface area (Å²) in [5.41, 5.74) is 2.57. The molecule has 8 heteroatoms. The smallest absolute Gasteiger partial charge is 0.311 e. The number of hydrogen-bond acceptors (Lipinski definition) is 7. The number of nitrogens with zero attached hydrogens (tertiary/aromatic N) is 2. The van der Waals surface area contributed by atoms with Crippen molar-refractivity contribution in [2.45, 2.75) is 37.7 Å². The van der Waals surface area contributed by atoms with Crippen molar-refractivity contribution in [3.8, 4) is 21.8 Å². The minimum absolute atomic E-state index is 0.0169. The van der Waals surface area contributed by atoms with Crippen molar-refractivity contribution in [3.05, 3.63) is 77.9 Å². The van der Waals surface area contributed by atoms with Crippen LogP contribution in [0.2, 0.25) is 0 Å². The Labute approximate surface area is 200 Å². The largest absolute Gasteiger partial charge is 0.465 e. The van der Waals surface area contributed by atoms with E-state index in [1.54, 1.807) is 17.5 Å². The molecule has 5 rings (SSSR count). The van der Waals surface area contributed by atoms with E-state index in [9.17, 15) is 9.59 Å². The third-order valence-corrected chi connectivity index (χ3v) is 7.19. The van der Waals surface area contributed by atoms with Crippen molar-refractivity contribution >= 4 is 29.4 Å². The number of carbonyl (C=O) groups excluding carboxylic acids is 2. The second-order valence-corrected chi connectivity index (χ2v) is 9.26. The van der Waals surface area contributed by atoms with E-state index in [0.717, 1.165) is 46.7 Å². The van der Waals surface area contributed by atoms with Crippen LogP contribution in [-0.4, -0.2) is 28.5 Å². The summed E-state index contributed by atoms with van der Waals surface area (Å²) in [7, 11) is 0. The zero-order chi connectivity index (χ0) is 23.3. The Morgan fingerprint density at radius 1 is 0.971 bits per heavy atom. The number of thiazole rings is 1. The highest BCUT2D eigenvalue weighted by molar-refractivity contribution is 7.15. The zero-order valence-corrected chi connectivity index (χ0v) is 19.2. The standard InChI is InChI=1S/C26H23N3O4S/c30-16-32-21-12-8-19(9-13-21)26-28-15-23(34-26)18-6-10-20(11-7-18)29-24(31)25-27-14-22(33-25)17-4-2-1-3-5-17/h1-7,10-11,14-16,19,21H,8-9,12-13H2,(H,29,31). The lowest BCUT2D eigenvalue weighted by atomic mass is 9.88. The number of ether oxygens (including phenoxy) is 1. The summed E-state index contributed by atoms with van der Waals surface area (Å²) in [6, 6.07) is 17.2. The second-order valence-electron chi connectivity index (χ2n) is 8.20. The fourth-order valence-corrected chi connectivity index (χ4v) is 5.24. The van der Waals surface area contributed by atoms with Crippen LogP contribution < -0.4 is 5.32 Å². The molecule has 0 radical (unpaired) electrons. The zero-order valence-electron chi connectivity index (χ0n) is 18.3. The van der Waals surface area contributed by atoms with Crippen LogP contribution in [0.3, 0.4) is 0 Å². The number of aromatic nitrogens is 2. The van der Waals surface area contributed by atoms with Gasteiger partial charge in [-0.2, -0.15) is 0 Å². The summed E-state index contributed by atoms with van der Waals surface area (Å²) in [5.74, 6) is 0.574. The lowest BCUT2D eigenvalue weighted by molar-refractivity contribution is -0.135. The molecule has 2 aromatic carbocycles. The van der Waals surface area contributed by atoms with Gasteiger partial charge < -0.3 is 14.5 Å². The maximum atomic E-state index is 12.6. The molecule has 1 N–H and O–H groups in total. The molecule has 0 saturated heterocycles. The van der Waals surface area contributed by atoms with Crippen molar-refractivity contribution in [1.29, 1.82) is 0 Å². The number of carbonyl (C=O) groups is 2. The number of oxazole rings is 1. The molecule has 0 bridgehead atoms. The Hall–Kier alpha value is -3.78. The average Bonchev–Trinajstić information content (AvgIpc) is 3.57. The molecule has 1 amide bonds.